The molecule has 1 aliphatic carbocycles. The number of nitrogens with two attached hydrogens (primary N) is 1. The van der Waals surface area contributed by atoms with Gasteiger partial charge in [-0.3, -0.25) is 9.59 Å². The average Bonchev–Trinajstić information content (AvgIpc) is 3.62. The summed E-state index contributed by atoms with van der Waals surface area (Å²) in [4.78, 5) is 26.6. The first kappa shape index (κ1) is 24.1. The van der Waals surface area contributed by atoms with Crippen LogP contribution >= 0.6 is 11.3 Å². The molecular weight excluding hydrogens is 495 g/mol. The maximum absolute atomic E-state index is 13.3. The highest BCUT2D eigenvalue weighted by Crippen LogP contribution is 2.45. The van der Waals surface area contributed by atoms with E-state index in [2.05, 4.69) is 17.4 Å². The van der Waals surface area contributed by atoms with E-state index in [1.54, 1.807) is 12.1 Å². The zero-order valence-corrected chi connectivity index (χ0v) is 21.4. The average molecular weight is 521 g/mol. The Labute approximate surface area is 223 Å². The molecule has 0 unspecified atom stereocenters. The summed E-state index contributed by atoms with van der Waals surface area (Å²) in [6, 6.07) is 29.8. The van der Waals surface area contributed by atoms with Gasteiger partial charge in [0.05, 0.1) is 11.1 Å². The molecule has 6 rings (SSSR count). The highest BCUT2D eigenvalue weighted by molar-refractivity contribution is 7.19. The number of primary amides is 1. The maximum Gasteiger partial charge on any atom is 0.251 e. The van der Waals surface area contributed by atoms with E-state index in [9.17, 15) is 14.0 Å². The molecule has 3 N–H and O–H groups in total. The molecule has 38 heavy (non-hydrogen) atoms. The van der Waals surface area contributed by atoms with Crippen molar-refractivity contribution in [3.05, 3.63) is 130 Å². The quantitative estimate of drug-likeness (QED) is 0.247. The predicted octanol–water partition coefficient (Wildman–Crippen LogP) is 6.82. The first-order valence-corrected chi connectivity index (χ1v) is 13.3. The van der Waals surface area contributed by atoms with Gasteiger partial charge in [0.25, 0.3) is 5.91 Å². The standard InChI is InChI=1S/C32H25FN2O2S/c33-25-12-9-20(10-13-25)17-28-29(30(34)36)26-19-22(11-14-27(26)38-28)21-5-4-6-23(18-21)31(37)35-32(15-16-32)24-7-2-1-3-8-24/h1-14,18-19H,15-17H2,(H2,34,36)(H,35,37). The third kappa shape index (κ3) is 4.59. The number of halogens is 1. The zero-order valence-electron chi connectivity index (χ0n) is 20.5. The van der Waals surface area contributed by atoms with Crippen molar-refractivity contribution in [2.75, 3.05) is 0 Å². The van der Waals surface area contributed by atoms with Crippen LogP contribution in [0.1, 0.15) is 49.6 Å². The van der Waals surface area contributed by atoms with Crippen molar-refractivity contribution in [1.82, 2.24) is 5.32 Å². The number of fused-ring (bicyclic) bond motifs is 1. The van der Waals surface area contributed by atoms with E-state index in [0.717, 1.165) is 50.1 Å². The van der Waals surface area contributed by atoms with Gasteiger partial charge < -0.3 is 11.1 Å². The first-order valence-electron chi connectivity index (χ1n) is 12.5. The van der Waals surface area contributed by atoms with Gasteiger partial charge in [0.1, 0.15) is 5.82 Å². The largest absolute Gasteiger partial charge is 0.366 e. The second-order valence-corrected chi connectivity index (χ2v) is 10.9. The normalized spacial score (nSPS) is 13.8. The summed E-state index contributed by atoms with van der Waals surface area (Å²) >= 11 is 1.52. The fraction of sp³-hybridized carbons (Fsp3) is 0.125. The molecule has 188 valence electrons. The minimum atomic E-state index is -0.491. The van der Waals surface area contributed by atoms with Crippen LogP contribution in [0.25, 0.3) is 21.2 Å². The van der Waals surface area contributed by atoms with Crippen LogP contribution in [-0.2, 0) is 12.0 Å². The van der Waals surface area contributed by atoms with Crippen LogP contribution in [0, 0.1) is 5.82 Å². The van der Waals surface area contributed by atoms with E-state index in [1.165, 1.54) is 23.5 Å². The third-order valence-corrected chi connectivity index (χ3v) is 8.34. The fourth-order valence-electron chi connectivity index (χ4n) is 5.01. The number of benzene rings is 4. The highest BCUT2D eigenvalue weighted by atomic mass is 32.1. The van der Waals surface area contributed by atoms with Crippen LogP contribution in [0.4, 0.5) is 4.39 Å². The lowest BCUT2D eigenvalue weighted by molar-refractivity contribution is 0.0930. The van der Waals surface area contributed by atoms with Crippen LogP contribution in [0.3, 0.4) is 0 Å². The first-order chi connectivity index (χ1) is 18.4. The second-order valence-electron chi connectivity index (χ2n) is 9.76. The van der Waals surface area contributed by atoms with Gasteiger partial charge in [-0.1, -0.05) is 60.7 Å². The maximum atomic E-state index is 13.3. The Morgan fingerprint density at radius 3 is 2.32 bits per heavy atom. The minimum Gasteiger partial charge on any atom is -0.366 e. The van der Waals surface area contributed by atoms with Crippen molar-refractivity contribution in [2.45, 2.75) is 24.8 Å². The number of thiophene rings is 1. The molecule has 2 amide bonds. The molecule has 0 saturated heterocycles. The molecule has 4 nitrogen and oxygen atoms in total. The summed E-state index contributed by atoms with van der Waals surface area (Å²) in [5.74, 6) is -0.897. The number of nitrogens with one attached hydrogen (secondary N) is 1. The van der Waals surface area contributed by atoms with E-state index in [-0.39, 0.29) is 17.3 Å². The van der Waals surface area contributed by atoms with Gasteiger partial charge in [0.2, 0.25) is 5.91 Å². The van der Waals surface area contributed by atoms with Gasteiger partial charge in [0.15, 0.2) is 0 Å². The molecule has 1 aliphatic rings. The minimum absolute atomic E-state index is 0.107. The van der Waals surface area contributed by atoms with E-state index in [4.69, 9.17) is 5.73 Å². The third-order valence-electron chi connectivity index (χ3n) is 7.17. The molecule has 1 fully saturated rings. The summed E-state index contributed by atoms with van der Waals surface area (Å²) in [6.45, 7) is 0. The molecular formula is C32H25FN2O2S. The number of hydrogen-bond acceptors (Lipinski definition) is 3. The van der Waals surface area contributed by atoms with E-state index < -0.39 is 5.91 Å². The molecule has 0 atom stereocenters. The monoisotopic (exact) mass is 520 g/mol. The van der Waals surface area contributed by atoms with Crippen LogP contribution < -0.4 is 11.1 Å². The van der Waals surface area contributed by atoms with Gasteiger partial charge >= 0.3 is 0 Å². The lowest BCUT2D eigenvalue weighted by Gasteiger charge is -2.18. The topological polar surface area (TPSA) is 72.2 Å². The number of carbonyl (C=O) groups excluding carboxylic acids is 2. The zero-order chi connectivity index (χ0) is 26.3. The molecule has 6 heteroatoms. The van der Waals surface area contributed by atoms with Crippen molar-refractivity contribution >= 4 is 33.2 Å². The lowest BCUT2D eigenvalue weighted by Crippen LogP contribution is -2.34. The Kier molecular flexibility index (Phi) is 6.04. The summed E-state index contributed by atoms with van der Waals surface area (Å²) in [6.07, 6.45) is 2.34. The summed E-state index contributed by atoms with van der Waals surface area (Å²) < 4.78 is 14.3. The molecule has 0 aliphatic heterocycles. The molecule has 4 aromatic carbocycles. The molecule has 1 heterocycles. The number of amides is 2. The Balaban J connectivity index is 1.31. The van der Waals surface area contributed by atoms with Gasteiger partial charge in [0, 0.05) is 26.9 Å². The van der Waals surface area contributed by atoms with Gasteiger partial charge in [-0.2, -0.15) is 0 Å². The van der Waals surface area contributed by atoms with Gasteiger partial charge in [-0.05, 0) is 71.5 Å². The number of hydrogen-bond donors (Lipinski definition) is 2. The summed E-state index contributed by atoms with van der Waals surface area (Å²) in [5.41, 5.74) is 10.4. The molecule has 1 aromatic heterocycles. The molecule has 5 aromatic rings. The SMILES string of the molecule is NC(=O)c1c(Cc2ccc(F)cc2)sc2ccc(-c3cccc(C(=O)NC4(c5ccccc5)CC4)c3)cc12. The molecule has 1 saturated carbocycles. The summed E-state index contributed by atoms with van der Waals surface area (Å²) in [7, 11) is 0. The second kappa shape index (κ2) is 9.54. The van der Waals surface area contributed by atoms with E-state index >= 15 is 0 Å². The molecule has 0 bridgehead atoms. The Hall–Kier alpha value is -4.29. The Bertz CT molecular complexity index is 1670. The van der Waals surface area contributed by atoms with Gasteiger partial charge in [-0.15, -0.1) is 11.3 Å². The van der Waals surface area contributed by atoms with Gasteiger partial charge in [-0.25, -0.2) is 4.39 Å². The van der Waals surface area contributed by atoms with Crippen molar-refractivity contribution in [3.63, 3.8) is 0 Å². The summed E-state index contributed by atoms with van der Waals surface area (Å²) in [5, 5.41) is 4.03. The fourth-order valence-corrected chi connectivity index (χ4v) is 6.23. The molecule has 0 radical (unpaired) electrons. The van der Waals surface area contributed by atoms with Crippen molar-refractivity contribution < 1.29 is 14.0 Å². The van der Waals surface area contributed by atoms with Crippen molar-refractivity contribution in [1.29, 1.82) is 0 Å². The Morgan fingerprint density at radius 2 is 1.61 bits per heavy atom. The lowest BCUT2D eigenvalue weighted by atomic mass is 9.98. The van der Waals surface area contributed by atoms with Crippen molar-refractivity contribution in [2.24, 2.45) is 5.73 Å². The van der Waals surface area contributed by atoms with Crippen LogP contribution in [-0.4, -0.2) is 11.8 Å². The number of rotatable bonds is 7. The predicted molar refractivity (Wildman–Crippen MR) is 150 cm³/mol. The molecule has 0 spiro atoms. The van der Waals surface area contributed by atoms with Crippen LogP contribution in [0.2, 0.25) is 0 Å². The van der Waals surface area contributed by atoms with Crippen molar-refractivity contribution in [3.8, 4) is 11.1 Å². The van der Waals surface area contributed by atoms with Crippen LogP contribution in [0.5, 0.6) is 0 Å². The number of carbonyl (C=O) groups is 2. The van der Waals surface area contributed by atoms with E-state index in [0.29, 0.717) is 17.5 Å². The van der Waals surface area contributed by atoms with Crippen LogP contribution in [0.15, 0.2) is 97.1 Å². The Morgan fingerprint density at radius 1 is 0.868 bits per heavy atom. The highest BCUT2D eigenvalue weighted by Gasteiger charge is 2.45. The smallest absolute Gasteiger partial charge is 0.251 e. The van der Waals surface area contributed by atoms with E-state index in [1.807, 2.05) is 60.7 Å².